The van der Waals surface area contributed by atoms with Gasteiger partial charge in [-0.15, -0.1) is 0 Å². The Kier molecular flexibility index (Phi) is 5.67. The largest absolute Gasteiger partial charge is 0.444 e. The number of aromatic nitrogens is 2. The number of nitrogens with zero attached hydrogens (tertiary/aromatic N) is 3. The number of hydrogen-bond acceptors (Lipinski definition) is 4. The Balaban J connectivity index is 2.48. The number of hydrogen-bond donors (Lipinski definition) is 0. The van der Waals surface area contributed by atoms with E-state index in [0.29, 0.717) is 0 Å². The van der Waals surface area contributed by atoms with Crippen LogP contribution in [0.2, 0.25) is 0 Å². The molecular weight excluding hydrogens is 254 g/mol. The molecule has 0 aliphatic rings. The van der Waals surface area contributed by atoms with Crippen LogP contribution in [0.15, 0.2) is 24.4 Å². The summed E-state index contributed by atoms with van der Waals surface area (Å²) in [5.74, 6) is 0. The zero-order valence-corrected chi connectivity index (χ0v) is 12.8. The highest BCUT2D eigenvalue weighted by atomic mass is 16.6. The quantitative estimate of drug-likeness (QED) is 0.848. The number of carbonyl (C=O) groups excluding carboxylic acids is 1. The van der Waals surface area contributed by atoms with Gasteiger partial charge in [0.15, 0.2) is 0 Å². The average Bonchev–Trinajstić information content (AvgIpc) is 2.37. The van der Waals surface area contributed by atoms with Gasteiger partial charge in [-0.3, -0.25) is 0 Å². The van der Waals surface area contributed by atoms with Crippen LogP contribution in [0.5, 0.6) is 0 Å². The van der Waals surface area contributed by atoms with Crippen molar-refractivity contribution in [3.63, 3.8) is 0 Å². The van der Waals surface area contributed by atoms with Crippen molar-refractivity contribution in [1.29, 1.82) is 0 Å². The highest BCUT2D eigenvalue weighted by Crippen LogP contribution is 2.12. The van der Waals surface area contributed by atoms with Crippen LogP contribution in [-0.2, 0) is 4.74 Å². The zero-order chi connectivity index (χ0) is 15.2. The van der Waals surface area contributed by atoms with Crippen molar-refractivity contribution >= 4 is 12.2 Å². The minimum Gasteiger partial charge on any atom is -0.444 e. The van der Waals surface area contributed by atoms with Crippen molar-refractivity contribution in [2.75, 3.05) is 7.05 Å². The maximum atomic E-state index is 11.9. The van der Waals surface area contributed by atoms with E-state index in [9.17, 15) is 4.79 Å². The molecule has 20 heavy (non-hydrogen) atoms. The van der Waals surface area contributed by atoms with Gasteiger partial charge in [-0.2, -0.15) is 10.2 Å². The van der Waals surface area contributed by atoms with E-state index in [1.807, 2.05) is 52.0 Å². The smallest absolute Gasteiger partial charge is 0.410 e. The topological polar surface area (TPSA) is 55.3 Å². The molecule has 5 nitrogen and oxygen atoms in total. The lowest BCUT2D eigenvalue weighted by Gasteiger charge is -2.28. The van der Waals surface area contributed by atoms with Crippen molar-refractivity contribution < 1.29 is 9.53 Å². The Hall–Kier alpha value is -1.91. The molecule has 0 aliphatic heterocycles. The lowest BCUT2D eigenvalue weighted by Crippen LogP contribution is -2.39. The van der Waals surface area contributed by atoms with Gasteiger partial charge in [0, 0.05) is 19.3 Å². The van der Waals surface area contributed by atoms with Gasteiger partial charge < -0.3 is 9.64 Å². The van der Waals surface area contributed by atoms with Crippen LogP contribution in [0.25, 0.3) is 6.08 Å². The number of carbonyl (C=O) groups is 1. The molecule has 0 bridgehead atoms. The molecule has 110 valence electrons. The summed E-state index contributed by atoms with van der Waals surface area (Å²) in [6, 6.07) is 3.77. The molecule has 1 heterocycles. The lowest BCUT2D eigenvalue weighted by molar-refractivity contribution is 0.0238. The summed E-state index contributed by atoms with van der Waals surface area (Å²) >= 11 is 0. The zero-order valence-electron chi connectivity index (χ0n) is 12.8. The third-order valence-corrected chi connectivity index (χ3v) is 2.70. The van der Waals surface area contributed by atoms with Gasteiger partial charge in [0.05, 0.1) is 5.69 Å². The Morgan fingerprint density at radius 2 is 2.20 bits per heavy atom. The average molecular weight is 277 g/mol. The van der Waals surface area contributed by atoms with E-state index in [1.165, 1.54) is 0 Å². The number of amides is 1. The summed E-state index contributed by atoms with van der Waals surface area (Å²) in [5.41, 5.74) is 0.334. The summed E-state index contributed by atoms with van der Waals surface area (Å²) < 4.78 is 5.33. The first-order chi connectivity index (χ1) is 9.29. The van der Waals surface area contributed by atoms with E-state index >= 15 is 0 Å². The van der Waals surface area contributed by atoms with Gasteiger partial charge in [-0.05, 0) is 52.3 Å². The molecule has 0 spiro atoms. The van der Waals surface area contributed by atoms with Crippen LogP contribution in [0.4, 0.5) is 4.79 Å². The Labute approximate surface area is 120 Å². The Bertz CT molecular complexity index is 452. The maximum Gasteiger partial charge on any atom is 0.410 e. The molecule has 1 aromatic rings. The van der Waals surface area contributed by atoms with Gasteiger partial charge in [0.25, 0.3) is 0 Å². The van der Waals surface area contributed by atoms with E-state index in [1.54, 1.807) is 18.1 Å². The van der Waals surface area contributed by atoms with Crippen molar-refractivity contribution in [1.82, 2.24) is 15.1 Å². The second kappa shape index (κ2) is 7.03. The molecule has 0 fully saturated rings. The second-order valence-corrected chi connectivity index (χ2v) is 5.73. The van der Waals surface area contributed by atoms with E-state index in [-0.39, 0.29) is 12.1 Å². The summed E-state index contributed by atoms with van der Waals surface area (Å²) in [6.45, 7) is 7.55. The molecule has 1 atom stereocenters. The molecule has 0 radical (unpaired) electrons. The fourth-order valence-electron chi connectivity index (χ4n) is 1.46. The van der Waals surface area contributed by atoms with Crippen LogP contribution in [0, 0.1) is 0 Å². The van der Waals surface area contributed by atoms with Crippen molar-refractivity contribution in [3.8, 4) is 0 Å². The normalized spacial score (nSPS) is 13.2. The Morgan fingerprint density at radius 3 is 2.75 bits per heavy atom. The summed E-state index contributed by atoms with van der Waals surface area (Å²) in [4.78, 5) is 13.5. The second-order valence-electron chi connectivity index (χ2n) is 5.73. The van der Waals surface area contributed by atoms with E-state index in [0.717, 1.165) is 12.1 Å². The summed E-state index contributed by atoms with van der Waals surface area (Å²) in [5, 5.41) is 7.76. The molecule has 1 amide bonds. The molecule has 1 unspecified atom stereocenters. The molecule has 0 saturated heterocycles. The lowest BCUT2D eigenvalue weighted by atomic mass is 10.2. The van der Waals surface area contributed by atoms with Crippen LogP contribution < -0.4 is 0 Å². The van der Waals surface area contributed by atoms with Crippen molar-refractivity contribution in [2.24, 2.45) is 0 Å². The molecule has 1 rings (SSSR count). The predicted octanol–water partition coefficient (Wildman–Crippen LogP) is 3.14. The monoisotopic (exact) mass is 277 g/mol. The van der Waals surface area contributed by atoms with Gasteiger partial charge in [0.2, 0.25) is 0 Å². The first kappa shape index (κ1) is 16.1. The van der Waals surface area contributed by atoms with Gasteiger partial charge >= 0.3 is 6.09 Å². The molecule has 0 saturated carbocycles. The molecule has 0 N–H and O–H groups in total. The van der Waals surface area contributed by atoms with Crippen LogP contribution >= 0.6 is 0 Å². The minimum absolute atomic E-state index is 0.0535. The minimum atomic E-state index is -0.472. The van der Waals surface area contributed by atoms with E-state index < -0.39 is 5.60 Å². The van der Waals surface area contributed by atoms with Gasteiger partial charge in [0.1, 0.15) is 5.60 Å². The standard InChI is InChI=1S/C15H23N3O2/c1-12(18(5)14(19)20-15(2,3)4)8-6-9-13-10-7-11-16-17-13/h6-7,9-12H,8H2,1-5H3. The highest BCUT2D eigenvalue weighted by molar-refractivity contribution is 5.68. The van der Waals surface area contributed by atoms with Crippen molar-refractivity contribution in [2.45, 2.75) is 45.8 Å². The van der Waals surface area contributed by atoms with Gasteiger partial charge in [-0.25, -0.2) is 4.79 Å². The first-order valence-electron chi connectivity index (χ1n) is 6.69. The maximum absolute atomic E-state index is 11.9. The van der Waals surface area contributed by atoms with Crippen LogP contribution in [-0.4, -0.2) is 39.9 Å². The molecule has 5 heteroatoms. The SMILES string of the molecule is CC(CC=Cc1cccnn1)N(C)C(=O)OC(C)(C)C. The fourth-order valence-corrected chi connectivity index (χ4v) is 1.46. The molecule has 1 aromatic heterocycles. The molecule has 0 aliphatic carbocycles. The predicted molar refractivity (Wildman–Crippen MR) is 79.1 cm³/mol. The summed E-state index contributed by atoms with van der Waals surface area (Å²) in [6.07, 6.45) is 5.93. The first-order valence-corrected chi connectivity index (χ1v) is 6.69. The van der Waals surface area contributed by atoms with Gasteiger partial charge in [-0.1, -0.05) is 6.08 Å². The fraction of sp³-hybridized carbons (Fsp3) is 0.533. The van der Waals surface area contributed by atoms with Crippen LogP contribution in [0.3, 0.4) is 0 Å². The van der Waals surface area contributed by atoms with Crippen LogP contribution in [0.1, 0.15) is 39.8 Å². The number of rotatable bonds is 4. The third kappa shape index (κ3) is 5.82. The number of ether oxygens (including phenoxy) is 1. The van der Waals surface area contributed by atoms with Crippen molar-refractivity contribution in [3.05, 3.63) is 30.1 Å². The molecular formula is C15H23N3O2. The molecule has 0 aromatic carbocycles. The third-order valence-electron chi connectivity index (χ3n) is 2.70. The van der Waals surface area contributed by atoms with E-state index in [2.05, 4.69) is 10.2 Å². The highest BCUT2D eigenvalue weighted by Gasteiger charge is 2.22. The Morgan fingerprint density at radius 1 is 1.50 bits per heavy atom. The van der Waals surface area contributed by atoms with E-state index in [4.69, 9.17) is 4.74 Å². The summed E-state index contributed by atoms with van der Waals surface area (Å²) in [7, 11) is 1.74.